The molecule has 0 unspecified atom stereocenters. The smallest absolute Gasteiger partial charge is 0.178 e. The fourth-order valence-corrected chi connectivity index (χ4v) is 4.02. The molecule has 20 heavy (non-hydrogen) atoms. The molecule has 1 saturated heterocycles. The van der Waals surface area contributed by atoms with E-state index in [9.17, 15) is 4.79 Å². The summed E-state index contributed by atoms with van der Waals surface area (Å²) in [7, 11) is 0. The monoisotopic (exact) mass is 392 g/mol. The number of rotatable bonds is 7. The van der Waals surface area contributed by atoms with Gasteiger partial charge in [0.25, 0.3) is 0 Å². The van der Waals surface area contributed by atoms with Crippen LogP contribution in [0.1, 0.15) is 44.9 Å². The van der Waals surface area contributed by atoms with Crippen molar-refractivity contribution in [1.29, 1.82) is 0 Å². The minimum Gasteiger partial charge on any atom is -0.347 e. The van der Waals surface area contributed by atoms with Crippen molar-refractivity contribution in [3.05, 3.63) is 12.7 Å². The van der Waals surface area contributed by atoms with Crippen molar-refractivity contribution in [1.82, 2.24) is 0 Å². The average Bonchev–Trinajstić information content (AvgIpc) is 2.92. The number of carbonyl (C=O) groups excluding carboxylic acids is 1. The largest absolute Gasteiger partial charge is 0.347 e. The van der Waals surface area contributed by atoms with E-state index in [1.807, 2.05) is 6.08 Å². The Morgan fingerprint density at radius 3 is 2.80 bits per heavy atom. The molecule has 1 aliphatic carbocycles. The summed E-state index contributed by atoms with van der Waals surface area (Å²) in [6.07, 6.45) is 8.64. The van der Waals surface area contributed by atoms with Crippen LogP contribution in [0.4, 0.5) is 0 Å². The van der Waals surface area contributed by atoms with E-state index in [1.165, 1.54) is 0 Å². The summed E-state index contributed by atoms with van der Waals surface area (Å²) in [6, 6.07) is 0. The minimum atomic E-state index is -0.630. The molecule has 0 bridgehead atoms. The van der Waals surface area contributed by atoms with E-state index in [0.717, 1.165) is 43.0 Å². The third-order valence-electron chi connectivity index (χ3n) is 4.47. The van der Waals surface area contributed by atoms with E-state index >= 15 is 0 Å². The molecule has 2 atom stereocenters. The van der Waals surface area contributed by atoms with Gasteiger partial charge in [-0.15, -0.1) is 6.58 Å². The maximum Gasteiger partial charge on any atom is 0.178 e. The van der Waals surface area contributed by atoms with Gasteiger partial charge in [0.05, 0.1) is 19.1 Å². The molecule has 3 nitrogen and oxygen atoms in total. The minimum absolute atomic E-state index is 0.0679. The Hall–Kier alpha value is 0.0600. The third kappa shape index (κ3) is 3.63. The van der Waals surface area contributed by atoms with Gasteiger partial charge in [-0.25, -0.2) is 0 Å². The molecular formula is C16H25IO3. The number of hydrogen-bond acceptors (Lipinski definition) is 3. The second kappa shape index (κ2) is 7.90. The highest BCUT2D eigenvalue weighted by molar-refractivity contribution is 14.1. The second-order valence-electron chi connectivity index (χ2n) is 5.76. The first kappa shape index (κ1) is 16.4. The van der Waals surface area contributed by atoms with E-state index in [1.54, 1.807) is 0 Å². The van der Waals surface area contributed by atoms with Crippen LogP contribution in [0.3, 0.4) is 0 Å². The summed E-state index contributed by atoms with van der Waals surface area (Å²) in [5, 5.41) is 0. The summed E-state index contributed by atoms with van der Waals surface area (Å²) >= 11 is 2.38. The SMILES string of the molecule is C=CCC[C@H]1CCCC(=O)[C@H]1C1(CCCI)OCCO1. The number of halogens is 1. The Morgan fingerprint density at radius 1 is 1.40 bits per heavy atom. The van der Waals surface area contributed by atoms with Crippen LogP contribution in [0.15, 0.2) is 12.7 Å². The summed E-state index contributed by atoms with van der Waals surface area (Å²) in [6.45, 7) is 5.05. The van der Waals surface area contributed by atoms with Crippen LogP contribution in [0.2, 0.25) is 0 Å². The number of alkyl halides is 1. The van der Waals surface area contributed by atoms with Crippen LogP contribution >= 0.6 is 22.6 Å². The summed E-state index contributed by atoms with van der Waals surface area (Å²) in [4.78, 5) is 12.5. The number of carbonyl (C=O) groups is 1. The zero-order chi connectivity index (χ0) is 14.4. The Kier molecular flexibility index (Phi) is 6.49. The first-order valence-corrected chi connectivity index (χ1v) is 9.23. The van der Waals surface area contributed by atoms with Crippen molar-refractivity contribution in [2.75, 3.05) is 17.6 Å². The Balaban J connectivity index is 2.16. The van der Waals surface area contributed by atoms with Crippen LogP contribution in [-0.4, -0.2) is 29.2 Å². The van der Waals surface area contributed by atoms with Crippen molar-refractivity contribution in [2.45, 2.75) is 50.7 Å². The van der Waals surface area contributed by atoms with E-state index in [0.29, 0.717) is 31.3 Å². The summed E-state index contributed by atoms with van der Waals surface area (Å²) in [5.74, 6) is 0.0398. The van der Waals surface area contributed by atoms with Crippen LogP contribution in [0, 0.1) is 11.8 Å². The molecule has 114 valence electrons. The number of Topliss-reactive ketones (excluding diaryl/α,β-unsaturated/α-hetero) is 1. The van der Waals surface area contributed by atoms with Gasteiger partial charge in [0.15, 0.2) is 5.79 Å². The van der Waals surface area contributed by atoms with Crippen LogP contribution in [0.5, 0.6) is 0 Å². The van der Waals surface area contributed by atoms with Crippen molar-refractivity contribution in [3.8, 4) is 0 Å². The molecule has 1 aliphatic heterocycles. The Labute approximate surface area is 135 Å². The standard InChI is InChI=1S/C16H25IO3/c1-2-3-6-13-7-4-8-14(18)15(13)16(9-5-10-17)19-11-12-20-16/h2,13,15H,1,3-12H2/t13-,15-/m0/s1. The molecule has 1 saturated carbocycles. The van der Waals surface area contributed by atoms with Crippen molar-refractivity contribution in [2.24, 2.45) is 11.8 Å². The Bertz CT molecular complexity index is 337. The van der Waals surface area contributed by atoms with Gasteiger partial charge in [-0.1, -0.05) is 28.7 Å². The van der Waals surface area contributed by atoms with Gasteiger partial charge < -0.3 is 9.47 Å². The average molecular weight is 392 g/mol. The zero-order valence-electron chi connectivity index (χ0n) is 12.1. The van der Waals surface area contributed by atoms with Gasteiger partial charge >= 0.3 is 0 Å². The fourth-order valence-electron chi connectivity index (χ4n) is 3.63. The van der Waals surface area contributed by atoms with E-state index in [4.69, 9.17) is 9.47 Å². The molecule has 2 fully saturated rings. The number of ether oxygens (including phenoxy) is 2. The van der Waals surface area contributed by atoms with Gasteiger partial charge in [0, 0.05) is 12.8 Å². The fraction of sp³-hybridized carbons (Fsp3) is 0.812. The lowest BCUT2D eigenvalue weighted by Gasteiger charge is -2.41. The molecule has 0 aromatic rings. The lowest BCUT2D eigenvalue weighted by Crippen LogP contribution is -2.49. The molecule has 1 heterocycles. The molecule has 0 radical (unpaired) electrons. The van der Waals surface area contributed by atoms with Crippen LogP contribution < -0.4 is 0 Å². The number of ketones is 1. The molecule has 4 heteroatoms. The lowest BCUT2D eigenvalue weighted by atomic mass is 9.70. The normalized spacial score (nSPS) is 29.6. The van der Waals surface area contributed by atoms with Gasteiger partial charge in [-0.2, -0.15) is 0 Å². The number of allylic oxidation sites excluding steroid dienone is 1. The molecule has 2 rings (SSSR count). The molecule has 2 aliphatic rings. The maximum absolute atomic E-state index is 12.5. The van der Waals surface area contributed by atoms with Crippen LogP contribution in [-0.2, 0) is 14.3 Å². The Morgan fingerprint density at radius 2 is 2.15 bits per heavy atom. The molecule has 0 aromatic heterocycles. The van der Waals surface area contributed by atoms with Crippen LogP contribution in [0.25, 0.3) is 0 Å². The maximum atomic E-state index is 12.5. The quantitative estimate of drug-likeness (QED) is 0.375. The van der Waals surface area contributed by atoms with Crippen molar-refractivity contribution in [3.63, 3.8) is 0 Å². The van der Waals surface area contributed by atoms with E-state index < -0.39 is 5.79 Å². The third-order valence-corrected chi connectivity index (χ3v) is 5.23. The van der Waals surface area contributed by atoms with Gasteiger partial charge in [0.1, 0.15) is 5.78 Å². The first-order chi connectivity index (χ1) is 9.73. The zero-order valence-corrected chi connectivity index (χ0v) is 14.3. The predicted octanol–water partition coefficient (Wildman–Crippen LogP) is 3.90. The highest BCUT2D eigenvalue weighted by Gasteiger charge is 2.51. The molecule has 0 aromatic carbocycles. The van der Waals surface area contributed by atoms with E-state index in [-0.39, 0.29) is 5.92 Å². The topological polar surface area (TPSA) is 35.5 Å². The predicted molar refractivity (Wildman–Crippen MR) is 88.0 cm³/mol. The molecule has 0 amide bonds. The summed E-state index contributed by atoms with van der Waals surface area (Å²) in [5.41, 5.74) is 0. The highest BCUT2D eigenvalue weighted by Crippen LogP contribution is 2.44. The molecule has 0 N–H and O–H groups in total. The van der Waals surface area contributed by atoms with Crippen molar-refractivity contribution >= 4 is 28.4 Å². The summed E-state index contributed by atoms with van der Waals surface area (Å²) < 4.78 is 13.1. The molecular weight excluding hydrogens is 367 g/mol. The van der Waals surface area contributed by atoms with Crippen molar-refractivity contribution < 1.29 is 14.3 Å². The molecule has 0 spiro atoms. The second-order valence-corrected chi connectivity index (χ2v) is 6.84. The number of hydrogen-bond donors (Lipinski definition) is 0. The van der Waals surface area contributed by atoms with E-state index in [2.05, 4.69) is 29.2 Å². The van der Waals surface area contributed by atoms with Gasteiger partial charge in [0.2, 0.25) is 0 Å². The van der Waals surface area contributed by atoms with Gasteiger partial charge in [-0.3, -0.25) is 4.79 Å². The van der Waals surface area contributed by atoms with Gasteiger partial charge in [-0.05, 0) is 42.4 Å². The first-order valence-electron chi connectivity index (χ1n) is 7.71. The highest BCUT2D eigenvalue weighted by atomic mass is 127. The lowest BCUT2D eigenvalue weighted by molar-refractivity contribution is -0.214.